The number of aliphatic hydroxyl groups is 1. The predicted octanol–water partition coefficient (Wildman–Crippen LogP) is 3.59. The molecule has 1 rings (SSSR count). The SMILES string of the molecule is CC(C)CNCC(C)(O)c1cc(F)c(Cl)cc1Cl. The van der Waals surface area contributed by atoms with Crippen LogP contribution in [0.1, 0.15) is 26.3 Å². The van der Waals surface area contributed by atoms with E-state index in [2.05, 4.69) is 19.2 Å². The molecule has 0 spiro atoms. The van der Waals surface area contributed by atoms with Crippen LogP contribution in [0, 0.1) is 11.7 Å². The minimum atomic E-state index is -1.24. The molecule has 0 heterocycles. The lowest BCUT2D eigenvalue weighted by atomic mass is 9.95. The highest BCUT2D eigenvalue weighted by atomic mass is 35.5. The molecule has 5 heteroatoms. The van der Waals surface area contributed by atoms with Crippen LogP contribution in [0.3, 0.4) is 0 Å². The summed E-state index contributed by atoms with van der Waals surface area (Å²) >= 11 is 11.6. The van der Waals surface area contributed by atoms with Gasteiger partial charge >= 0.3 is 0 Å². The summed E-state index contributed by atoms with van der Waals surface area (Å²) in [6.45, 7) is 6.79. The standard InChI is InChI=1S/C13H18Cl2FNO/c1-8(2)6-17-7-13(3,18)9-4-12(16)11(15)5-10(9)14/h4-5,8,17-18H,6-7H2,1-3H3. The van der Waals surface area contributed by atoms with Gasteiger partial charge in [0.25, 0.3) is 0 Å². The molecule has 18 heavy (non-hydrogen) atoms. The molecule has 0 aliphatic heterocycles. The fourth-order valence-electron chi connectivity index (χ4n) is 1.63. The minimum absolute atomic E-state index is 0.0466. The number of hydrogen-bond acceptors (Lipinski definition) is 2. The summed E-state index contributed by atoms with van der Waals surface area (Å²) in [5.74, 6) is -0.113. The Morgan fingerprint density at radius 2 is 1.94 bits per heavy atom. The van der Waals surface area contributed by atoms with Crippen LogP contribution in [0.4, 0.5) is 4.39 Å². The molecule has 1 unspecified atom stereocenters. The first-order chi connectivity index (χ1) is 8.24. The van der Waals surface area contributed by atoms with Crippen molar-refractivity contribution in [2.75, 3.05) is 13.1 Å². The Hall–Kier alpha value is -0.350. The molecule has 2 nitrogen and oxygen atoms in total. The normalized spacial score (nSPS) is 14.9. The average molecular weight is 294 g/mol. The first-order valence-electron chi connectivity index (χ1n) is 5.82. The Balaban J connectivity index is 2.87. The summed E-state index contributed by atoms with van der Waals surface area (Å²) in [7, 11) is 0. The highest BCUT2D eigenvalue weighted by Gasteiger charge is 2.26. The summed E-state index contributed by atoms with van der Waals surface area (Å²) in [4.78, 5) is 0. The Morgan fingerprint density at radius 1 is 1.33 bits per heavy atom. The molecular weight excluding hydrogens is 276 g/mol. The number of rotatable bonds is 5. The Bertz CT molecular complexity index is 422. The molecule has 2 N–H and O–H groups in total. The van der Waals surface area contributed by atoms with Crippen LogP contribution in [0.5, 0.6) is 0 Å². The fourth-order valence-corrected chi connectivity index (χ4v) is 2.22. The van der Waals surface area contributed by atoms with Crippen molar-refractivity contribution in [3.8, 4) is 0 Å². The van der Waals surface area contributed by atoms with Gasteiger partial charge in [0.2, 0.25) is 0 Å². The van der Waals surface area contributed by atoms with Gasteiger partial charge in [-0.25, -0.2) is 4.39 Å². The number of nitrogens with one attached hydrogen (secondary N) is 1. The Labute approximate surface area is 117 Å². The third kappa shape index (κ3) is 4.09. The summed E-state index contributed by atoms with van der Waals surface area (Å²) in [5, 5.41) is 13.7. The predicted molar refractivity (Wildman–Crippen MR) is 73.7 cm³/mol. The molecule has 0 aliphatic rings. The molecule has 1 atom stereocenters. The van der Waals surface area contributed by atoms with Crippen LogP contribution in [-0.4, -0.2) is 18.2 Å². The molecule has 102 valence electrons. The molecule has 0 bridgehead atoms. The van der Waals surface area contributed by atoms with Crippen LogP contribution in [0.2, 0.25) is 10.0 Å². The van der Waals surface area contributed by atoms with E-state index in [9.17, 15) is 9.50 Å². The number of benzene rings is 1. The van der Waals surface area contributed by atoms with Gasteiger partial charge in [0.1, 0.15) is 11.4 Å². The third-order valence-corrected chi connectivity index (χ3v) is 3.21. The Kier molecular flexibility index (Phi) is 5.41. The first kappa shape index (κ1) is 15.7. The summed E-state index contributed by atoms with van der Waals surface area (Å²) < 4.78 is 13.4. The maximum Gasteiger partial charge on any atom is 0.142 e. The van der Waals surface area contributed by atoms with E-state index < -0.39 is 11.4 Å². The van der Waals surface area contributed by atoms with Crippen LogP contribution in [0.25, 0.3) is 0 Å². The van der Waals surface area contributed by atoms with Crippen LogP contribution < -0.4 is 5.32 Å². The minimum Gasteiger partial charge on any atom is -0.384 e. The van der Waals surface area contributed by atoms with E-state index >= 15 is 0 Å². The number of hydrogen-bond donors (Lipinski definition) is 2. The molecule has 0 saturated heterocycles. The summed E-state index contributed by atoms with van der Waals surface area (Å²) in [5.41, 5.74) is -0.903. The summed E-state index contributed by atoms with van der Waals surface area (Å²) in [6.07, 6.45) is 0. The van der Waals surface area contributed by atoms with E-state index in [1.165, 1.54) is 12.1 Å². The van der Waals surface area contributed by atoms with Crippen LogP contribution in [0.15, 0.2) is 12.1 Å². The van der Waals surface area contributed by atoms with Crippen molar-refractivity contribution in [2.45, 2.75) is 26.4 Å². The van der Waals surface area contributed by atoms with Gasteiger partial charge in [0.05, 0.1) is 5.02 Å². The molecule has 0 aliphatic carbocycles. The third-order valence-electron chi connectivity index (χ3n) is 2.61. The zero-order valence-electron chi connectivity index (χ0n) is 10.7. The lowest BCUT2D eigenvalue weighted by molar-refractivity contribution is 0.0562. The van der Waals surface area contributed by atoms with E-state index in [0.29, 0.717) is 18.0 Å². The zero-order chi connectivity index (χ0) is 13.9. The maximum atomic E-state index is 13.4. The lowest BCUT2D eigenvalue weighted by Crippen LogP contribution is -2.37. The van der Waals surface area contributed by atoms with Gasteiger partial charge in [0, 0.05) is 17.1 Å². The topological polar surface area (TPSA) is 32.3 Å². The Morgan fingerprint density at radius 3 is 2.50 bits per heavy atom. The maximum absolute atomic E-state index is 13.4. The largest absolute Gasteiger partial charge is 0.384 e. The first-order valence-corrected chi connectivity index (χ1v) is 6.57. The molecule has 1 aromatic carbocycles. The second-order valence-corrected chi connectivity index (χ2v) is 5.86. The molecule has 0 fully saturated rings. The van der Waals surface area contributed by atoms with E-state index in [1.54, 1.807) is 6.92 Å². The van der Waals surface area contributed by atoms with Crippen molar-refractivity contribution < 1.29 is 9.50 Å². The average Bonchev–Trinajstić information content (AvgIpc) is 2.22. The van der Waals surface area contributed by atoms with Crippen molar-refractivity contribution >= 4 is 23.2 Å². The van der Waals surface area contributed by atoms with E-state index in [0.717, 1.165) is 6.54 Å². The smallest absolute Gasteiger partial charge is 0.142 e. The highest BCUT2D eigenvalue weighted by molar-refractivity contribution is 6.35. The highest BCUT2D eigenvalue weighted by Crippen LogP contribution is 2.31. The van der Waals surface area contributed by atoms with Crippen molar-refractivity contribution in [3.05, 3.63) is 33.6 Å². The van der Waals surface area contributed by atoms with Crippen LogP contribution >= 0.6 is 23.2 Å². The monoisotopic (exact) mass is 293 g/mol. The van der Waals surface area contributed by atoms with Gasteiger partial charge in [-0.05, 0) is 31.5 Å². The van der Waals surface area contributed by atoms with Gasteiger partial charge in [-0.3, -0.25) is 0 Å². The van der Waals surface area contributed by atoms with Gasteiger partial charge in [0.15, 0.2) is 0 Å². The van der Waals surface area contributed by atoms with Gasteiger partial charge in [-0.2, -0.15) is 0 Å². The zero-order valence-corrected chi connectivity index (χ0v) is 12.2. The molecule has 0 saturated carbocycles. The van der Waals surface area contributed by atoms with Crippen molar-refractivity contribution in [1.82, 2.24) is 5.32 Å². The lowest BCUT2D eigenvalue weighted by Gasteiger charge is -2.26. The van der Waals surface area contributed by atoms with Gasteiger partial charge < -0.3 is 10.4 Å². The molecule has 0 radical (unpaired) electrons. The molecule has 1 aromatic rings. The second kappa shape index (κ2) is 6.20. The van der Waals surface area contributed by atoms with E-state index in [4.69, 9.17) is 23.2 Å². The van der Waals surface area contributed by atoms with Crippen molar-refractivity contribution in [1.29, 1.82) is 0 Å². The van der Waals surface area contributed by atoms with E-state index in [-0.39, 0.29) is 10.0 Å². The number of halogens is 3. The van der Waals surface area contributed by atoms with Crippen LogP contribution in [-0.2, 0) is 5.60 Å². The molecule has 0 amide bonds. The fraction of sp³-hybridized carbons (Fsp3) is 0.538. The van der Waals surface area contributed by atoms with Gasteiger partial charge in [-0.1, -0.05) is 37.0 Å². The van der Waals surface area contributed by atoms with Crippen molar-refractivity contribution in [3.63, 3.8) is 0 Å². The molecular formula is C13H18Cl2FNO. The van der Waals surface area contributed by atoms with Gasteiger partial charge in [-0.15, -0.1) is 0 Å². The second-order valence-electron chi connectivity index (χ2n) is 5.04. The molecule has 0 aromatic heterocycles. The summed E-state index contributed by atoms with van der Waals surface area (Å²) in [6, 6.07) is 2.49. The van der Waals surface area contributed by atoms with Crippen molar-refractivity contribution in [2.24, 2.45) is 5.92 Å². The quantitative estimate of drug-likeness (QED) is 0.813. The van der Waals surface area contributed by atoms with E-state index in [1.807, 2.05) is 0 Å².